The molecule has 0 unspecified atom stereocenters. The molecule has 1 fully saturated rings. The van der Waals surface area contributed by atoms with Crippen LogP contribution in [0.2, 0.25) is 0 Å². The number of nitrogens with zero attached hydrogens (tertiary/aromatic N) is 2. The maximum atomic E-state index is 2.59. The Bertz CT molecular complexity index is 340. The number of hydrogen-bond acceptors (Lipinski definition) is 2. The molecule has 1 aliphatic heterocycles. The summed E-state index contributed by atoms with van der Waals surface area (Å²) in [7, 11) is 2.27. The fraction of sp³-hybridized carbons (Fsp3) is 0.667. The molecule has 2 heteroatoms. The van der Waals surface area contributed by atoms with E-state index in [1.807, 2.05) is 13.8 Å². The zero-order chi connectivity index (χ0) is 15.0. The van der Waals surface area contributed by atoms with Gasteiger partial charge in [-0.25, -0.2) is 0 Å². The molecule has 0 radical (unpaired) electrons. The second-order valence-electron chi connectivity index (χ2n) is 5.76. The first-order valence-corrected chi connectivity index (χ1v) is 8.15. The van der Waals surface area contributed by atoms with Crippen LogP contribution in [0.15, 0.2) is 30.3 Å². The molecule has 0 spiro atoms. The topological polar surface area (TPSA) is 6.48 Å². The second-order valence-corrected chi connectivity index (χ2v) is 5.76. The molecule has 0 aliphatic carbocycles. The lowest BCUT2D eigenvalue weighted by molar-refractivity contribution is 0.104. The SMILES string of the molecule is CC.CC(C)N1CCC(N(C)Cc2ccccc2)CC1. The van der Waals surface area contributed by atoms with E-state index < -0.39 is 0 Å². The minimum Gasteiger partial charge on any atom is -0.301 e. The van der Waals surface area contributed by atoms with Crippen molar-refractivity contribution in [3.63, 3.8) is 0 Å². The Balaban J connectivity index is 0.000000956. The first-order valence-electron chi connectivity index (χ1n) is 8.15. The molecule has 1 saturated heterocycles. The van der Waals surface area contributed by atoms with E-state index in [-0.39, 0.29) is 0 Å². The molecule has 1 aromatic rings. The van der Waals surface area contributed by atoms with Crippen molar-refractivity contribution in [1.29, 1.82) is 0 Å². The fourth-order valence-corrected chi connectivity index (χ4v) is 2.84. The molecule has 1 heterocycles. The maximum Gasteiger partial charge on any atom is 0.0233 e. The van der Waals surface area contributed by atoms with Gasteiger partial charge in [0.1, 0.15) is 0 Å². The Hall–Kier alpha value is -0.860. The van der Waals surface area contributed by atoms with Crippen molar-refractivity contribution in [2.75, 3.05) is 20.1 Å². The minimum absolute atomic E-state index is 0.699. The average molecular weight is 276 g/mol. The predicted molar refractivity (Wildman–Crippen MR) is 89.0 cm³/mol. The van der Waals surface area contributed by atoms with Gasteiger partial charge in [0.25, 0.3) is 0 Å². The summed E-state index contributed by atoms with van der Waals surface area (Å²) in [6.45, 7) is 12.2. The van der Waals surface area contributed by atoms with E-state index in [2.05, 4.69) is 61.0 Å². The van der Waals surface area contributed by atoms with Crippen molar-refractivity contribution in [1.82, 2.24) is 9.80 Å². The van der Waals surface area contributed by atoms with E-state index in [1.165, 1.54) is 31.5 Å². The van der Waals surface area contributed by atoms with Crippen LogP contribution in [-0.2, 0) is 6.54 Å². The molecule has 0 N–H and O–H groups in total. The van der Waals surface area contributed by atoms with Gasteiger partial charge in [0, 0.05) is 18.6 Å². The lowest BCUT2D eigenvalue weighted by atomic mass is 10.0. The van der Waals surface area contributed by atoms with Crippen molar-refractivity contribution in [3.8, 4) is 0 Å². The zero-order valence-corrected chi connectivity index (χ0v) is 14.0. The predicted octanol–water partition coefficient (Wildman–Crippen LogP) is 4.02. The van der Waals surface area contributed by atoms with Gasteiger partial charge in [0.15, 0.2) is 0 Å². The average Bonchev–Trinajstić information content (AvgIpc) is 2.50. The van der Waals surface area contributed by atoms with Gasteiger partial charge in [-0.15, -0.1) is 0 Å². The molecule has 114 valence electrons. The first-order chi connectivity index (χ1) is 9.66. The van der Waals surface area contributed by atoms with Gasteiger partial charge < -0.3 is 4.90 Å². The Labute approximate surface area is 125 Å². The summed E-state index contributed by atoms with van der Waals surface area (Å²) < 4.78 is 0. The number of rotatable bonds is 4. The van der Waals surface area contributed by atoms with Gasteiger partial charge in [-0.2, -0.15) is 0 Å². The van der Waals surface area contributed by atoms with E-state index in [0.717, 1.165) is 12.6 Å². The normalized spacial score (nSPS) is 17.1. The van der Waals surface area contributed by atoms with Crippen LogP contribution in [0.4, 0.5) is 0 Å². The molecule has 20 heavy (non-hydrogen) atoms. The summed E-state index contributed by atoms with van der Waals surface area (Å²) >= 11 is 0. The Morgan fingerprint density at radius 3 is 2.15 bits per heavy atom. The van der Waals surface area contributed by atoms with E-state index in [4.69, 9.17) is 0 Å². The molecule has 0 amide bonds. The fourth-order valence-electron chi connectivity index (χ4n) is 2.84. The van der Waals surface area contributed by atoms with Crippen molar-refractivity contribution >= 4 is 0 Å². The largest absolute Gasteiger partial charge is 0.301 e. The van der Waals surface area contributed by atoms with Crippen LogP contribution >= 0.6 is 0 Å². The van der Waals surface area contributed by atoms with Crippen LogP contribution in [-0.4, -0.2) is 42.0 Å². The molecule has 1 aromatic carbocycles. The van der Waals surface area contributed by atoms with Gasteiger partial charge in [0.2, 0.25) is 0 Å². The van der Waals surface area contributed by atoms with Crippen molar-refractivity contribution in [2.45, 2.75) is 59.2 Å². The van der Waals surface area contributed by atoms with Crippen molar-refractivity contribution < 1.29 is 0 Å². The van der Waals surface area contributed by atoms with E-state index >= 15 is 0 Å². The highest BCUT2D eigenvalue weighted by Crippen LogP contribution is 2.18. The summed E-state index contributed by atoms with van der Waals surface area (Å²) in [5.41, 5.74) is 1.42. The number of hydrogen-bond donors (Lipinski definition) is 0. The molecular formula is C18H32N2. The standard InChI is InChI=1S/C16H26N2.C2H6/c1-14(2)18-11-9-16(10-12-18)17(3)13-15-7-5-4-6-8-15;1-2/h4-8,14,16H,9-13H2,1-3H3;1-2H3. The molecular weight excluding hydrogens is 244 g/mol. The molecule has 1 aliphatic rings. The third-order valence-electron chi connectivity index (χ3n) is 4.13. The zero-order valence-electron chi connectivity index (χ0n) is 14.0. The monoisotopic (exact) mass is 276 g/mol. The second kappa shape index (κ2) is 9.15. The highest BCUT2D eigenvalue weighted by Gasteiger charge is 2.23. The lowest BCUT2D eigenvalue weighted by Gasteiger charge is -2.38. The first kappa shape index (κ1) is 17.2. The number of piperidine rings is 1. The molecule has 0 saturated carbocycles. The smallest absolute Gasteiger partial charge is 0.0233 e. The van der Waals surface area contributed by atoms with E-state index in [9.17, 15) is 0 Å². The van der Waals surface area contributed by atoms with E-state index in [0.29, 0.717) is 6.04 Å². The molecule has 2 rings (SSSR count). The number of benzene rings is 1. The summed E-state index contributed by atoms with van der Waals surface area (Å²) in [6.07, 6.45) is 2.61. The van der Waals surface area contributed by atoms with Gasteiger partial charge in [0.05, 0.1) is 0 Å². The molecule has 0 aromatic heterocycles. The van der Waals surface area contributed by atoms with Gasteiger partial charge in [-0.3, -0.25) is 4.90 Å². The minimum atomic E-state index is 0.699. The summed E-state index contributed by atoms with van der Waals surface area (Å²) in [5, 5.41) is 0. The Morgan fingerprint density at radius 1 is 1.10 bits per heavy atom. The lowest BCUT2D eigenvalue weighted by Crippen LogP contribution is -2.45. The highest BCUT2D eigenvalue weighted by atomic mass is 15.2. The van der Waals surface area contributed by atoms with Crippen LogP contribution in [0.3, 0.4) is 0 Å². The molecule has 0 atom stereocenters. The summed E-state index contributed by atoms with van der Waals surface area (Å²) in [4.78, 5) is 5.11. The van der Waals surface area contributed by atoms with Crippen molar-refractivity contribution in [3.05, 3.63) is 35.9 Å². The van der Waals surface area contributed by atoms with Crippen LogP contribution < -0.4 is 0 Å². The number of likely N-dealkylation sites (tertiary alicyclic amines) is 1. The van der Waals surface area contributed by atoms with Crippen molar-refractivity contribution in [2.24, 2.45) is 0 Å². The third-order valence-corrected chi connectivity index (χ3v) is 4.13. The Morgan fingerprint density at radius 2 is 1.65 bits per heavy atom. The maximum absolute atomic E-state index is 2.59. The van der Waals surface area contributed by atoms with Crippen LogP contribution in [0, 0.1) is 0 Å². The van der Waals surface area contributed by atoms with Crippen LogP contribution in [0.25, 0.3) is 0 Å². The quantitative estimate of drug-likeness (QED) is 0.819. The molecule has 2 nitrogen and oxygen atoms in total. The van der Waals surface area contributed by atoms with Crippen LogP contribution in [0.1, 0.15) is 46.1 Å². The van der Waals surface area contributed by atoms with Gasteiger partial charge >= 0.3 is 0 Å². The van der Waals surface area contributed by atoms with Gasteiger partial charge in [-0.05, 0) is 52.4 Å². The van der Waals surface area contributed by atoms with Crippen LogP contribution in [0.5, 0.6) is 0 Å². The van der Waals surface area contributed by atoms with E-state index in [1.54, 1.807) is 0 Å². The van der Waals surface area contributed by atoms with Gasteiger partial charge in [-0.1, -0.05) is 44.2 Å². The summed E-state index contributed by atoms with van der Waals surface area (Å²) in [6, 6.07) is 12.2. The third kappa shape index (κ3) is 5.26. The highest BCUT2D eigenvalue weighted by molar-refractivity contribution is 5.14. The summed E-state index contributed by atoms with van der Waals surface area (Å²) in [5.74, 6) is 0. The Kier molecular flexibility index (Phi) is 7.86. The molecule has 0 bridgehead atoms.